The van der Waals surface area contributed by atoms with Gasteiger partial charge in [0.1, 0.15) is 0 Å². The molecule has 0 saturated heterocycles. The van der Waals surface area contributed by atoms with E-state index in [9.17, 15) is 9.59 Å². The Kier molecular flexibility index (Phi) is 6.36. The van der Waals surface area contributed by atoms with Crippen molar-refractivity contribution >= 4 is 90.5 Å². The highest BCUT2D eigenvalue weighted by Crippen LogP contribution is 2.28. The first kappa shape index (κ1) is 15.9. The second-order valence-corrected chi connectivity index (χ2v) is 6.63. The van der Waals surface area contributed by atoms with Crippen molar-refractivity contribution in [2.75, 3.05) is 7.05 Å². The molecular formula is C9H6ClI3N2O2. The van der Waals surface area contributed by atoms with Crippen molar-refractivity contribution in [2.45, 2.75) is 0 Å². The molecule has 0 unspecified atom stereocenters. The lowest BCUT2D eigenvalue weighted by Gasteiger charge is -2.12. The van der Waals surface area contributed by atoms with E-state index in [4.69, 9.17) is 11.6 Å². The van der Waals surface area contributed by atoms with Gasteiger partial charge in [0.2, 0.25) is 0 Å². The van der Waals surface area contributed by atoms with Gasteiger partial charge in [0.15, 0.2) is 0 Å². The van der Waals surface area contributed by atoms with Crippen LogP contribution in [-0.2, 0) is 0 Å². The fourth-order valence-corrected chi connectivity index (χ4v) is 4.20. The van der Waals surface area contributed by atoms with Crippen molar-refractivity contribution in [3.8, 4) is 0 Å². The van der Waals surface area contributed by atoms with Gasteiger partial charge in [-0.25, -0.2) is 5.43 Å². The van der Waals surface area contributed by atoms with E-state index in [2.05, 4.69) is 33.4 Å². The Balaban J connectivity index is 3.52. The number of benzene rings is 1. The Morgan fingerprint density at radius 3 is 2.24 bits per heavy atom. The third kappa shape index (κ3) is 3.64. The summed E-state index contributed by atoms with van der Waals surface area (Å²) in [5.74, 6) is -0.379. The highest BCUT2D eigenvalue weighted by Gasteiger charge is 2.23. The smallest absolute Gasteiger partial charge is 0.267 e. The summed E-state index contributed by atoms with van der Waals surface area (Å²) in [6.45, 7) is 0. The maximum absolute atomic E-state index is 11.9. The second-order valence-electron chi connectivity index (χ2n) is 2.88. The van der Waals surface area contributed by atoms with Crippen molar-refractivity contribution < 1.29 is 9.59 Å². The van der Waals surface area contributed by atoms with E-state index in [0.29, 0.717) is 12.7 Å². The molecule has 0 bridgehead atoms. The van der Waals surface area contributed by atoms with Crippen LogP contribution in [0, 0.1) is 10.7 Å². The van der Waals surface area contributed by atoms with Crippen molar-refractivity contribution in [1.29, 1.82) is 0 Å². The summed E-state index contributed by atoms with van der Waals surface area (Å²) >= 11 is 11.7. The average molecular weight is 590 g/mol. The number of nitrogens with one attached hydrogen (secondary N) is 2. The summed E-state index contributed by atoms with van der Waals surface area (Å²) in [5.41, 5.74) is 5.51. The van der Waals surface area contributed by atoms with Gasteiger partial charge in [-0.3, -0.25) is 15.0 Å². The lowest BCUT2D eigenvalue weighted by Crippen LogP contribution is -2.35. The number of hydrazine groups is 1. The molecule has 92 valence electrons. The normalized spacial score (nSPS) is 10.2. The molecule has 0 atom stereocenters. The Morgan fingerprint density at radius 2 is 1.76 bits per heavy atom. The van der Waals surface area contributed by atoms with Gasteiger partial charge in [-0.1, -0.05) is 0 Å². The van der Waals surface area contributed by atoms with E-state index in [1.807, 2.05) is 51.2 Å². The fourth-order valence-electron chi connectivity index (χ4n) is 1.18. The highest BCUT2D eigenvalue weighted by molar-refractivity contribution is 14.1. The molecule has 1 rings (SSSR count). The van der Waals surface area contributed by atoms with Crippen LogP contribution in [0.5, 0.6) is 0 Å². The molecule has 1 aromatic carbocycles. The standard InChI is InChI=1S/C9H6ClI3N2O2/c1-14-15-9(17)5-3(11)2-4(12)7(13)6(5)8(10)16/h2,14H,1H3,(H,15,17). The Morgan fingerprint density at radius 1 is 1.18 bits per heavy atom. The maximum Gasteiger partial charge on any atom is 0.267 e. The van der Waals surface area contributed by atoms with Crippen LogP contribution in [0.4, 0.5) is 0 Å². The molecule has 1 aromatic rings. The molecule has 0 fully saturated rings. The van der Waals surface area contributed by atoms with Gasteiger partial charge in [0, 0.05) is 17.8 Å². The minimum Gasteiger partial charge on any atom is -0.288 e. The summed E-state index contributed by atoms with van der Waals surface area (Å²) in [7, 11) is 1.57. The second kappa shape index (κ2) is 6.82. The fraction of sp³-hybridized carbons (Fsp3) is 0.111. The molecule has 0 aromatic heterocycles. The first-order valence-corrected chi connectivity index (χ1v) is 7.86. The summed E-state index contributed by atoms with van der Waals surface area (Å²) in [4.78, 5) is 23.3. The molecule has 2 N–H and O–H groups in total. The molecule has 4 nitrogen and oxygen atoms in total. The molecule has 0 aliphatic rings. The summed E-state index contributed by atoms with van der Waals surface area (Å²) in [5, 5.41) is -0.632. The average Bonchev–Trinajstić information content (AvgIpc) is 2.22. The molecule has 8 heteroatoms. The number of halogens is 4. The van der Waals surface area contributed by atoms with Crippen LogP contribution in [0.2, 0.25) is 0 Å². The first-order valence-electron chi connectivity index (χ1n) is 4.24. The Labute approximate surface area is 144 Å². The molecule has 0 radical (unpaired) electrons. The monoisotopic (exact) mass is 590 g/mol. The van der Waals surface area contributed by atoms with Gasteiger partial charge >= 0.3 is 0 Å². The van der Waals surface area contributed by atoms with Gasteiger partial charge in [0.25, 0.3) is 11.1 Å². The van der Waals surface area contributed by atoms with E-state index in [0.717, 1.165) is 3.57 Å². The molecule has 0 spiro atoms. The zero-order chi connectivity index (χ0) is 13.2. The number of amides is 1. The predicted molar refractivity (Wildman–Crippen MR) is 91.3 cm³/mol. The molecule has 1 amide bonds. The Bertz CT molecular complexity index is 494. The van der Waals surface area contributed by atoms with Crippen molar-refractivity contribution in [2.24, 2.45) is 0 Å². The molecule has 0 heterocycles. The van der Waals surface area contributed by atoms with Crippen LogP contribution in [-0.4, -0.2) is 18.2 Å². The van der Waals surface area contributed by atoms with Gasteiger partial charge < -0.3 is 0 Å². The van der Waals surface area contributed by atoms with Crippen LogP contribution in [0.3, 0.4) is 0 Å². The quantitative estimate of drug-likeness (QED) is 0.247. The van der Waals surface area contributed by atoms with Crippen LogP contribution < -0.4 is 10.9 Å². The van der Waals surface area contributed by atoms with Crippen molar-refractivity contribution in [1.82, 2.24) is 10.9 Å². The van der Waals surface area contributed by atoms with Gasteiger partial charge in [-0.2, -0.15) is 0 Å². The number of hydrogen-bond donors (Lipinski definition) is 2. The van der Waals surface area contributed by atoms with E-state index >= 15 is 0 Å². The minimum absolute atomic E-state index is 0.247. The Hall–Kier alpha value is 0.800. The number of hydrogen-bond acceptors (Lipinski definition) is 3. The molecular weight excluding hydrogens is 584 g/mol. The SMILES string of the molecule is CNNC(=O)c1c(I)cc(I)c(I)c1C(=O)Cl. The third-order valence-corrected chi connectivity index (χ3v) is 5.88. The summed E-state index contributed by atoms with van der Waals surface area (Å²) < 4.78 is 2.26. The minimum atomic E-state index is -0.632. The molecule has 17 heavy (non-hydrogen) atoms. The van der Waals surface area contributed by atoms with Crippen LogP contribution in [0.15, 0.2) is 6.07 Å². The molecule has 0 aliphatic carbocycles. The first-order chi connectivity index (χ1) is 7.90. The number of rotatable bonds is 3. The summed E-state index contributed by atoms with van der Waals surface area (Å²) in [6, 6.07) is 1.83. The van der Waals surface area contributed by atoms with E-state index in [1.165, 1.54) is 0 Å². The van der Waals surface area contributed by atoms with Crippen LogP contribution in [0.25, 0.3) is 0 Å². The lowest BCUT2D eigenvalue weighted by molar-refractivity contribution is 0.0930. The van der Waals surface area contributed by atoms with E-state index in [1.54, 1.807) is 7.05 Å². The van der Waals surface area contributed by atoms with E-state index in [-0.39, 0.29) is 11.5 Å². The zero-order valence-corrected chi connectivity index (χ0v) is 15.6. The van der Waals surface area contributed by atoms with Crippen molar-refractivity contribution in [3.63, 3.8) is 0 Å². The topological polar surface area (TPSA) is 58.2 Å². The highest BCUT2D eigenvalue weighted by atomic mass is 127. The van der Waals surface area contributed by atoms with Crippen molar-refractivity contribution in [3.05, 3.63) is 27.9 Å². The van der Waals surface area contributed by atoms with Gasteiger partial charge in [-0.05, 0) is 85.4 Å². The predicted octanol–water partition coefficient (Wildman–Crippen LogP) is 2.74. The maximum atomic E-state index is 11.9. The summed E-state index contributed by atoms with van der Waals surface area (Å²) in [6.07, 6.45) is 0. The molecule has 0 aliphatic heterocycles. The van der Waals surface area contributed by atoms with E-state index < -0.39 is 5.24 Å². The largest absolute Gasteiger partial charge is 0.288 e. The number of carbonyl (C=O) groups is 2. The van der Waals surface area contributed by atoms with Crippen LogP contribution in [0.1, 0.15) is 20.7 Å². The molecule has 0 saturated carbocycles. The lowest BCUT2D eigenvalue weighted by atomic mass is 10.1. The zero-order valence-electron chi connectivity index (χ0n) is 8.41. The third-order valence-electron chi connectivity index (χ3n) is 1.83. The van der Waals surface area contributed by atoms with Gasteiger partial charge in [-0.15, -0.1) is 0 Å². The van der Waals surface area contributed by atoms with Gasteiger partial charge in [0.05, 0.1) is 11.1 Å². The number of carbonyl (C=O) groups excluding carboxylic acids is 2. The van der Waals surface area contributed by atoms with Crippen LogP contribution >= 0.6 is 79.4 Å².